The number of halogens is 4. The van der Waals surface area contributed by atoms with Crippen LogP contribution in [0.5, 0.6) is 5.75 Å². The number of benzene rings is 2. The van der Waals surface area contributed by atoms with Gasteiger partial charge >= 0.3 is 6.18 Å². The number of carbonyl (C=O) groups excluding carboxylic acids is 1. The van der Waals surface area contributed by atoms with Gasteiger partial charge in [0.25, 0.3) is 5.91 Å². The molecule has 0 radical (unpaired) electrons. The maximum Gasteiger partial charge on any atom is 0.416 e. The molecule has 0 bridgehead atoms. The number of rotatable bonds is 7. The topological polar surface area (TPSA) is 45.2 Å². The Balaban J connectivity index is 1.52. The highest BCUT2D eigenvalue weighted by Crippen LogP contribution is 2.33. The van der Waals surface area contributed by atoms with E-state index in [2.05, 4.69) is 23.6 Å². The molecule has 2 unspecified atom stereocenters. The third kappa shape index (κ3) is 7.40. The number of hydrogen-bond acceptors (Lipinski definition) is 5. The van der Waals surface area contributed by atoms with Crippen molar-refractivity contribution in [3.63, 3.8) is 0 Å². The molecule has 3 atom stereocenters. The van der Waals surface area contributed by atoms with E-state index in [0.717, 1.165) is 43.9 Å². The molecular formula is C28H35ClF3N3O3. The number of amides is 1. The molecule has 2 fully saturated rings. The molecule has 2 aliphatic heterocycles. The van der Waals surface area contributed by atoms with Crippen LogP contribution in [-0.2, 0) is 17.3 Å². The second kappa shape index (κ2) is 12.2. The molecule has 2 saturated heterocycles. The Kier molecular flexibility index (Phi) is 9.23. The lowest BCUT2D eigenvalue weighted by Crippen LogP contribution is -2.57. The van der Waals surface area contributed by atoms with Gasteiger partial charge in [0.15, 0.2) is 0 Å². The number of methoxy groups -OCH3 is 1. The first-order valence-electron chi connectivity index (χ1n) is 12.9. The van der Waals surface area contributed by atoms with Crippen LogP contribution in [0.3, 0.4) is 0 Å². The summed E-state index contributed by atoms with van der Waals surface area (Å²) in [6.45, 7) is 9.36. The minimum Gasteiger partial charge on any atom is -0.497 e. The van der Waals surface area contributed by atoms with Gasteiger partial charge in [-0.1, -0.05) is 23.7 Å². The standard InChI is InChI=1S/C28H35ClF3N3O3/c1-19-16-34(17-20(2)38-19)9-8-33-10-11-35(25(18-33)12-21-4-6-24(29)7-5-21)27(36)22-13-23(28(30,31)32)15-26(14-22)37-3/h4-7,13-15,19-20,25H,8-12,16-18H2,1-3H3/t19?,20?,25-/m1/s1. The number of hydrogen-bond donors (Lipinski definition) is 0. The number of morpholine rings is 1. The maximum absolute atomic E-state index is 13.6. The quantitative estimate of drug-likeness (QED) is 0.491. The van der Waals surface area contributed by atoms with Crippen molar-refractivity contribution in [1.82, 2.24) is 14.7 Å². The van der Waals surface area contributed by atoms with E-state index in [-0.39, 0.29) is 29.6 Å². The zero-order valence-electron chi connectivity index (χ0n) is 22.0. The van der Waals surface area contributed by atoms with E-state index in [9.17, 15) is 18.0 Å². The minimum atomic E-state index is -4.58. The SMILES string of the molecule is COc1cc(C(=O)N2CCN(CCN3CC(C)OC(C)C3)C[C@H]2Cc2ccc(Cl)cc2)cc(C(F)(F)F)c1. The van der Waals surface area contributed by atoms with Crippen LogP contribution in [0.2, 0.25) is 5.02 Å². The molecule has 0 saturated carbocycles. The van der Waals surface area contributed by atoms with Crippen molar-refractivity contribution in [2.45, 2.75) is 44.7 Å². The number of ether oxygens (including phenoxy) is 2. The molecule has 2 aliphatic rings. The number of alkyl halides is 3. The van der Waals surface area contributed by atoms with Crippen LogP contribution >= 0.6 is 11.6 Å². The van der Waals surface area contributed by atoms with Crippen LogP contribution < -0.4 is 4.74 Å². The second-order valence-electron chi connectivity index (χ2n) is 10.2. The second-order valence-corrected chi connectivity index (χ2v) is 10.7. The van der Waals surface area contributed by atoms with Gasteiger partial charge in [-0.25, -0.2) is 0 Å². The van der Waals surface area contributed by atoms with Crippen molar-refractivity contribution in [2.24, 2.45) is 0 Å². The fourth-order valence-corrected chi connectivity index (χ4v) is 5.50. The first-order chi connectivity index (χ1) is 18.0. The van der Waals surface area contributed by atoms with E-state index in [1.54, 1.807) is 4.90 Å². The van der Waals surface area contributed by atoms with Gasteiger partial charge in [0, 0.05) is 62.4 Å². The summed E-state index contributed by atoms with van der Waals surface area (Å²) >= 11 is 6.06. The summed E-state index contributed by atoms with van der Waals surface area (Å²) in [4.78, 5) is 20.1. The molecule has 38 heavy (non-hydrogen) atoms. The van der Waals surface area contributed by atoms with Gasteiger partial charge < -0.3 is 14.4 Å². The van der Waals surface area contributed by atoms with Gasteiger partial charge in [-0.15, -0.1) is 0 Å². The molecule has 2 heterocycles. The Morgan fingerprint density at radius 2 is 1.66 bits per heavy atom. The Hall–Kier alpha value is -2.33. The van der Waals surface area contributed by atoms with Crippen molar-refractivity contribution in [3.8, 4) is 5.75 Å². The average Bonchev–Trinajstić information content (AvgIpc) is 2.87. The summed E-state index contributed by atoms with van der Waals surface area (Å²) in [5.41, 5.74) is 0.0843. The average molecular weight is 554 g/mol. The number of piperazine rings is 1. The van der Waals surface area contributed by atoms with Crippen molar-refractivity contribution in [3.05, 3.63) is 64.2 Å². The van der Waals surface area contributed by atoms with Crippen molar-refractivity contribution in [2.75, 3.05) is 52.9 Å². The number of nitrogens with zero attached hydrogens (tertiary/aromatic N) is 3. The molecule has 1 amide bonds. The van der Waals surface area contributed by atoms with Crippen LogP contribution in [0.15, 0.2) is 42.5 Å². The number of carbonyl (C=O) groups is 1. The molecule has 2 aromatic carbocycles. The monoisotopic (exact) mass is 553 g/mol. The Bertz CT molecular complexity index is 1090. The summed E-state index contributed by atoms with van der Waals surface area (Å²) < 4.78 is 51.5. The van der Waals surface area contributed by atoms with Crippen molar-refractivity contribution >= 4 is 17.5 Å². The molecule has 0 spiro atoms. The highest BCUT2D eigenvalue weighted by Gasteiger charge is 2.35. The largest absolute Gasteiger partial charge is 0.497 e. The molecule has 2 aromatic rings. The summed E-state index contributed by atoms with van der Waals surface area (Å²) in [6.07, 6.45) is -3.63. The molecule has 0 aliphatic carbocycles. The van der Waals surface area contributed by atoms with E-state index >= 15 is 0 Å². The molecule has 0 aromatic heterocycles. The first-order valence-corrected chi connectivity index (χ1v) is 13.3. The van der Waals surface area contributed by atoms with E-state index < -0.39 is 17.6 Å². The lowest BCUT2D eigenvalue weighted by Gasteiger charge is -2.43. The van der Waals surface area contributed by atoms with E-state index in [1.807, 2.05) is 24.3 Å². The summed E-state index contributed by atoms with van der Waals surface area (Å²) in [6, 6.07) is 10.5. The van der Waals surface area contributed by atoms with Gasteiger partial charge in [0.1, 0.15) is 5.75 Å². The summed E-state index contributed by atoms with van der Waals surface area (Å²) in [5, 5.41) is 0.622. The fraction of sp³-hybridized carbons (Fsp3) is 0.536. The van der Waals surface area contributed by atoms with Crippen LogP contribution in [0.25, 0.3) is 0 Å². The third-order valence-electron chi connectivity index (χ3n) is 7.16. The lowest BCUT2D eigenvalue weighted by atomic mass is 10.00. The van der Waals surface area contributed by atoms with Gasteiger partial charge in [-0.05, 0) is 56.2 Å². The Morgan fingerprint density at radius 3 is 2.29 bits per heavy atom. The molecular weight excluding hydrogens is 519 g/mol. The summed E-state index contributed by atoms with van der Waals surface area (Å²) in [5.74, 6) is -0.422. The predicted molar refractivity (Wildman–Crippen MR) is 141 cm³/mol. The predicted octanol–water partition coefficient (Wildman–Crippen LogP) is 4.85. The van der Waals surface area contributed by atoms with Crippen LogP contribution in [0, 0.1) is 0 Å². The molecule has 6 nitrogen and oxygen atoms in total. The van der Waals surface area contributed by atoms with Gasteiger partial charge in [-0.2, -0.15) is 13.2 Å². The zero-order chi connectivity index (χ0) is 27.4. The van der Waals surface area contributed by atoms with E-state index in [1.165, 1.54) is 13.2 Å². The highest BCUT2D eigenvalue weighted by molar-refractivity contribution is 6.30. The smallest absolute Gasteiger partial charge is 0.416 e. The first kappa shape index (κ1) is 28.7. The van der Waals surface area contributed by atoms with Gasteiger partial charge in [0.2, 0.25) is 0 Å². The van der Waals surface area contributed by atoms with Gasteiger partial charge in [-0.3, -0.25) is 14.6 Å². The van der Waals surface area contributed by atoms with Crippen LogP contribution in [0.1, 0.15) is 35.3 Å². The van der Waals surface area contributed by atoms with Gasteiger partial charge in [0.05, 0.1) is 24.9 Å². The Morgan fingerprint density at radius 1 is 1.00 bits per heavy atom. The fourth-order valence-electron chi connectivity index (χ4n) is 5.38. The molecule has 208 valence electrons. The molecule has 0 N–H and O–H groups in total. The normalized spacial score (nSPS) is 23.4. The highest BCUT2D eigenvalue weighted by atomic mass is 35.5. The molecule has 4 rings (SSSR count). The van der Waals surface area contributed by atoms with E-state index in [4.69, 9.17) is 21.1 Å². The van der Waals surface area contributed by atoms with E-state index in [0.29, 0.717) is 31.1 Å². The van der Waals surface area contributed by atoms with Crippen molar-refractivity contribution in [1.29, 1.82) is 0 Å². The van der Waals surface area contributed by atoms with Crippen molar-refractivity contribution < 1.29 is 27.4 Å². The Labute approximate surface area is 227 Å². The van der Waals surface area contributed by atoms with Crippen LogP contribution in [-0.4, -0.2) is 91.8 Å². The van der Waals surface area contributed by atoms with Crippen LogP contribution in [0.4, 0.5) is 13.2 Å². The third-order valence-corrected chi connectivity index (χ3v) is 7.41. The zero-order valence-corrected chi connectivity index (χ0v) is 22.8. The molecule has 10 heteroatoms. The lowest BCUT2D eigenvalue weighted by molar-refractivity contribution is -0.137. The minimum absolute atomic E-state index is 0.00466. The maximum atomic E-state index is 13.6. The summed E-state index contributed by atoms with van der Waals surface area (Å²) in [7, 11) is 1.29.